The highest BCUT2D eigenvalue weighted by atomic mass is 32.2. The van der Waals surface area contributed by atoms with Gasteiger partial charge in [-0.1, -0.05) is 24.3 Å². The third-order valence-corrected chi connectivity index (χ3v) is 7.12. The quantitative estimate of drug-likeness (QED) is 0.331. The molecule has 33 heavy (non-hydrogen) atoms. The lowest BCUT2D eigenvalue weighted by Gasteiger charge is -2.31. The molecule has 3 aromatic carbocycles. The second kappa shape index (κ2) is 9.25. The molecule has 1 heterocycles. The second-order valence-electron chi connectivity index (χ2n) is 7.51. The van der Waals surface area contributed by atoms with Crippen molar-refractivity contribution in [2.45, 2.75) is 17.7 Å². The Balaban J connectivity index is 1.53. The molecule has 1 aliphatic heterocycles. The van der Waals surface area contributed by atoms with E-state index in [1.165, 1.54) is 22.5 Å². The van der Waals surface area contributed by atoms with E-state index in [0.29, 0.717) is 29.9 Å². The average Bonchev–Trinajstić information content (AvgIpc) is 2.83. The molecule has 0 aliphatic carbocycles. The van der Waals surface area contributed by atoms with Gasteiger partial charge in [0.15, 0.2) is 0 Å². The van der Waals surface area contributed by atoms with Crippen molar-refractivity contribution in [3.05, 3.63) is 100 Å². The van der Waals surface area contributed by atoms with E-state index in [1.54, 1.807) is 60.7 Å². The van der Waals surface area contributed by atoms with Gasteiger partial charge in [0.2, 0.25) is 5.91 Å². The van der Waals surface area contributed by atoms with Crippen LogP contribution in [0, 0.1) is 10.1 Å². The van der Waals surface area contributed by atoms with Gasteiger partial charge in [-0.3, -0.25) is 19.2 Å². The van der Waals surface area contributed by atoms with Crippen LogP contribution in [0.5, 0.6) is 0 Å². The number of nitrogens with one attached hydrogen (secondary N) is 1. The second-order valence-corrected chi connectivity index (χ2v) is 9.37. The van der Waals surface area contributed by atoms with Crippen LogP contribution in [0.4, 0.5) is 17.1 Å². The van der Waals surface area contributed by atoms with E-state index >= 15 is 0 Å². The van der Waals surface area contributed by atoms with Crippen LogP contribution in [0.25, 0.3) is 6.08 Å². The lowest BCUT2D eigenvalue weighted by Crippen LogP contribution is -2.35. The molecule has 0 radical (unpaired) electrons. The summed E-state index contributed by atoms with van der Waals surface area (Å²) in [7, 11) is -3.72. The lowest BCUT2D eigenvalue weighted by atomic mass is 10.0. The third kappa shape index (κ3) is 4.93. The van der Waals surface area contributed by atoms with Gasteiger partial charge in [-0.05, 0) is 66.4 Å². The Hall–Kier alpha value is -3.98. The Labute approximate surface area is 191 Å². The fraction of sp³-hybridized carbons (Fsp3) is 0.125. The summed E-state index contributed by atoms with van der Waals surface area (Å²) in [5, 5.41) is 13.5. The highest BCUT2D eigenvalue weighted by molar-refractivity contribution is 7.92. The van der Waals surface area contributed by atoms with Crippen LogP contribution in [0.3, 0.4) is 0 Å². The number of aryl methyl sites for hydroxylation is 1. The molecule has 168 valence electrons. The van der Waals surface area contributed by atoms with Gasteiger partial charge in [0.25, 0.3) is 15.7 Å². The summed E-state index contributed by atoms with van der Waals surface area (Å²) in [4.78, 5) is 22.9. The minimum absolute atomic E-state index is 0.0272. The number of nitrogens with zero attached hydrogens (tertiary/aromatic N) is 2. The largest absolute Gasteiger partial charge is 0.322 e. The summed E-state index contributed by atoms with van der Waals surface area (Å²) in [5.41, 5.74) is 2.55. The number of fused-ring (bicyclic) bond motifs is 1. The maximum atomic E-state index is 13.2. The predicted octanol–water partition coefficient (Wildman–Crippen LogP) is 4.39. The Bertz CT molecular complexity index is 1320. The van der Waals surface area contributed by atoms with Gasteiger partial charge in [-0.2, -0.15) is 0 Å². The first kappa shape index (κ1) is 22.2. The summed E-state index contributed by atoms with van der Waals surface area (Å²) < 4.78 is 27.8. The zero-order chi connectivity index (χ0) is 23.4. The van der Waals surface area contributed by atoms with E-state index in [4.69, 9.17) is 0 Å². The molecular weight excluding hydrogens is 442 g/mol. The normalized spacial score (nSPS) is 13.5. The van der Waals surface area contributed by atoms with Crippen LogP contribution in [0.1, 0.15) is 17.5 Å². The van der Waals surface area contributed by atoms with Crippen LogP contribution >= 0.6 is 0 Å². The molecule has 8 nitrogen and oxygen atoms in total. The van der Waals surface area contributed by atoms with E-state index in [-0.39, 0.29) is 10.6 Å². The van der Waals surface area contributed by atoms with Crippen LogP contribution in [0.15, 0.2) is 83.8 Å². The van der Waals surface area contributed by atoms with Crippen LogP contribution < -0.4 is 9.62 Å². The molecule has 9 heteroatoms. The number of sulfonamides is 1. The van der Waals surface area contributed by atoms with Crippen LogP contribution in [-0.4, -0.2) is 25.8 Å². The Morgan fingerprint density at radius 1 is 1.03 bits per heavy atom. The highest BCUT2D eigenvalue weighted by Crippen LogP contribution is 2.34. The monoisotopic (exact) mass is 463 g/mol. The molecule has 0 atom stereocenters. The number of amides is 1. The van der Waals surface area contributed by atoms with E-state index in [1.807, 2.05) is 6.07 Å². The van der Waals surface area contributed by atoms with Gasteiger partial charge in [-0.15, -0.1) is 0 Å². The summed E-state index contributed by atoms with van der Waals surface area (Å²) >= 11 is 0. The molecule has 0 bridgehead atoms. The van der Waals surface area contributed by atoms with Gasteiger partial charge in [0, 0.05) is 30.4 Å². The molecule has 0 saturated carbocycles. The molecule has 1 aliphatic rings. The average molecular weight is 464 g/mol. The van der Waals surface area contributed by atoms with Crippen molar-refractivity contribution in [1.29, 1.82) is 0 Å². The SMILES string of the molecule is O=C(/C=C/c1ccc([N+](=O)[O-])cc1)Nc1ccc2c(c1)N(S(=O)(=O)c1ccccc1)CCC2. The minimum atomic E-state index is -3.72. The number of non-ortho nitro benzene ring substituents is 1. The highest BCUT2D eigenvalue weighted by Gasteiger charge is 2.29. The molecular formula is C24H21N3O5S. The van der Waals surface area contributed by atoms with Crippen molar-refractivity contribution in [3.8, 4) is 0 Å². The molecule has 4 rings (SSSR count). The van der Waals surface area contributed by atoms with Crippen molar-refractivity contribution in [2.75, 3.05) is 16.2 Å². The van der Waals surface area contributed by atoms with E-state index in [9.17, 15) is 23.3 Å². The summed E-state index contributed by atoms with van der Waals surface area (Å²) in [6, 6.07) is 19.3. The molecule has 3 aromatic rings. The maximum absolute atomic E-state index is 13.2. The number of rotatable bonds is 6. The number of carbonyl (C=O) groups is 1. The maximum Gasteiger partial charge on any atom is 0.269 e. The van der Waals surface area contributed by atoms with Crippen LogP contribution in [-0.2, 0) is 21.2 Å². The topological polar surface area (TPSA) is 110 Å². The number of carbonyl (C=O) groups excluding carboxylic acids is 1. The van der Waals surface area contributed by atoms with Gasteiger partial charge in [0.05, 0.1) is 15.5 Å². The zero-order valence-corrected chi connectivity index (χ0v) is 18.4. The van der Waals surface area contributed by atoms with Crippen LogP contribution in [0.2, 0.25) is 0 Å². The van der Waals surface area contributed by atoms with Gasteiger partial charge >= 0.3 is 0 Å². The molecule has 1 amide bonds. The van der Waals surface area contributed by atoms with Crippen molar-refractivity contribution in [3.63, 3.8) is 0 Å². The van der Waals surface area contributed by atoms with Crippen molar-refractivity contribution in [2.24, 2.45) is 0 Å². The smallest absolute Gasteiger partial charge is 0.269 e. The first-order chi connectivity index (χ1) is 15.8. The number of nitro groups is 1. The fourth-order valence-corrected chi connectivity index (χ4v) is 5.21. The standard InChI is InChI=1S/C24H21N3O5S/c28-24(15-10-18-8-13-21(14-9-18)27(29)30)25-20-12-11-19-5-4-16-26(23(19)17-20)33(31,32)22-6-2-1-3-7-22/h1-3,6-15,17H,4-5,16H2,(H,25,28)/b15-10+. The molecule has 0 fully saturated rings. The third-order valence-electron chi connectivity index (χ3n) is 5.29. The summed E-state index contributed by atoms with van der Waals surface area (Å²) in [6.45, 7) is 0.363. The molecule has 1 N–H and O–H groups in total. The summed E-state index contributed by atoms with van der Waals surface area (Å²) in [6.07, 6.45) is 4.33. The number of hydrogen-bond acceptors (Lipinski definition) is 5. The van der Waals surface area contributed by atoms with Crippen molar-refractivity contribution < 1.29 is 18.1 Å². The zero-order valence-electron chi connectivity index (χ0n) is 17.5. The fourth-order valence-electron chi connectivity index (χ4n) is 3.65. The first-order valence-corrected chi connectivity index (χ1v) is 11.7. The number of anilines is 2. The lowest BCUT2D eigenvalue weighted by molar-refractivity contribution is -0.384. The van der Waals surface area contributed by atoms with E-state index in [2.05, 4.69) is 5.32 Å². The number of benzene rings is 3. The number of nitro benzene ring substituents is 1. The minimum Gasteiger partial charge on any atom is -0.322 e. The van der Waals surface area contributed by atoms with Crippen molar-refractivity contribution in [1.82, 2.24) is 0 Å². The Morgan fingerprint density at radius 2 is 1.76 bits per heavy atom. The van der Waals surface area contributed by atoms with Gasteiger partial charge in [-0.25, -0.2) is 8.42 Å². The molecule has 0 aromatic heterocycles. The Kier molecular flexibility index (Phi) is 6.23. The Morgan fingerprint density at radius 3 is 2.45 bits per heavy atom. The van der Waals surface area contributed by atoms with E-state index < -0.39 is 20.9 Å². The number of hydrogen-bond donors (Lipinski definition) is 1. The first-order valence-electron chi connectivity index (χ1n) is 10.3. The van der Waals surface area contributed by atoms with E-state index in [0.717, 1.165) is 12.0 Å². The van der Waals surface area contributed by atoms with Gasteiger partial charge in [0.1, 0.15) is 0 Å². The molecule has 0 spiro atoms. The summed E-state index contributed by atoms with van der Waals surface area (Å²) in [5.74, 6) is -0.401. The predicted molar refractivity (Wildman–Crippen MR) is 126 cm³/mol. The van der Waals surface area contributed by atoms with Crippen molar-refractivity contribution >= 4 is 39.1 Å². The van der Waals surface area contributed by atoms with Gasteiger partial charge < -0.3 is 5.32 Å². The molecule has 0 unspecified atom stereocenters. The molecule has 0 saturated heterocycles.